The second kappa shape index (κ2) is 16.2. The fourth-order valence-corrected chi connectivity index (χ4v) is 0. The van der Waals surface area contributed by atoms with Crippen LogP contribution in [0.2, 0.25) is 0 Å². The van der Waals surface area contributed by atoms with Crippen LogP contribution in [-0.2, 0) is 26.2 Å². The molecule has 0 saturated heterocycles. The summed E-state index contributed by atoms with van der Waals surface area (Å²) in [5.41, 5.74) is 0. The van der Waals surface area contributed by atoms with E-state index in [2.05, 4.69) is 0 Å². The first kappa shape index (κ1) is 26.3. The van der Waals surface area contributed by atoms with Crippen molar-refractivity contribution < 1.29 is 108 Å². The summed E-state index contributed by atoms with van der Waals surface area (Å²) in [5, 5.41) is 0. The van der Waals surface area contributed by atoms with Gasteiger partial charge < -0.3 is 5.48 Å². The molecule has 0 rings (SSSR count). The molecule has 0 aliphatic carbocycles. The molecule has 0 aromatic rings. The fraction of sp³-hybridized carbons (Fsp3) is 0. The third kappa shape index (κ3) is 9.03. The third-order valence-electron chi connectivity index (χ3n) is 0. The van der Waals surface area contributed by atoms with Gasteiger partial charge in [-0.3, -0.25) is 0 Å². The molecule has 1 radical (unpaired) electrons. The smallest absolute Gasteiger partial charge is 0 e. The van der Waals surface area contributed by atoms with E-state index >= 15 is 0 Å². The minimum absolute atomic E-state index is 0. The van der Waals surface area contributed by atoms with Crippen molar-refractivity contribution in [3.63, 3.8) is 0 Å². The quantitative estimate of drug-likeness (QED) is 0.511. The van der Waals surface area contributed by atoms with Crippen LogP contribution in [-0.4, -0.2) is 5.48 Å². The second-order valence-electron chi connectivity index (χ2n) is 0. The van der Waals surface area contributed by atoms with Gasteiger partial charge in [0.2, 0.25) is 0 Å². The van der Waals surface area contributed by atoms with Gasteiger partial charge in [0.15, 0.2) is 0 Å². The van der Waals surface area contributed by atoms with Crippen LogP contribution in [0.1, 0.15) is 0 Å². The number of hydrogen-bond acceptors (Lipinski definition) is 0. The number of hydrogen-bond donors (Lipinski definition) is 0. The molecule has 0 aromatic carbocycles. The van der Waals surface area contributed by atoms with Gasteiger partial charge in [-0.25, -0.2) is 0 Å². The average Bonchev–Trinajstić information content (AvgIpc) is 0. The Kier molecular flexibility index (Phi) is 106. The monoisotopic (exact) mass is 399 g/mol. The molecule has 0 fully saturated rings. The largest absolute Gasteiger partial charge is 0.412 e. The minimum atomic E-state index is 0. The van der Waals surface area contributed by atoms with E-state index in [-0.39, 0.29) is 108 Å². The topological polar surface area (TPSA) is 31.5 Å². The predicted octanol–water partition coefficient (Wildman–Crippen LogP) is -0.827. The van der Waals surface area contributed by atoms with Crippen LogP contribution in [0.3, 0.4) is 0 Å². The van der Waals surface area contributed by atoms with Crippen molar-refractivity contribution in [1.82, 2.24) is 0 Å². The van der Waals surface area contributed by atoms with Crippen molar-refractivity contribution in [2.24, 2.45) is 0 Å². The molecule has 0 heterocycles. The Labute approximate surface area is 105 Å². The zero-order valence-corrected chi connectivity index (χ0v) is 10.7. The van der Waals surface area contributed by atoms with Gasteiger partial charge in [-0.15, -0.1) is 0 Å². The molecule has 0 aliphatic heterocycles. The Morgan fingerprint density at radius 1 is 1.00 bits per heavy atom. The molecule has 21 valence electrons. The van der Waals surface area contributed by atoms with Gasteiger partial charge in [0.1, 0.15) is 0 Å². The van der Waals surface area contributed by atoms with Gasteiger partial charge in [0.05, 0.1) is 0 Å². The molecule has 0 spiro atoms. The molecule has 0 atom stereocenters. The van der Waals surface area contributed by atoms with Gasteiger partial charge in [-0.2, -0.15) is 0 Å². The van der Waals surface area contributed by atoms with Crippen molar-refractivity contribution in [3.05, 3.63) is 0 Å². The fourth-order valence-electron chi connectivity index (χ4n) is 0. The number of rotatable bonds is 0. The van der Waals surface area contributed by atoms with Crippen LogP contribution >= 0.6 is 0 Å². The van der Waals surface area contributed by atoms with E-state index in [0.29, 0.717) is 0 Å². The van der Waals surface area contributed by atoms with E-state index in [9.17, 15) is 0 Å². The second-order valence-corrected chi connectivity index (χ2v) is 0. The Hall–Kier alpha value is 3.38. The zero-order valence-electron chi connectivity index (χ0n) is 1.99. The molecule has 0 aromatic heterocycles. The molecular weight excluding hydrogens is 396 g/mol. The van der Waals surface area contributed by atoms with Crippen LogP contribution < -0.4 is 0 Å². The normalized spacial score (nSPS) is 0. The van der Waals surface area contributed by atoms with Crippen LogP contribution in [0.5, 0.6) is 0 Å². The molecule has 0 unspecified atom stereocenters. The summed E-state index contributed by atoms with van der Waals surface area (Å²) in [6.45, 7) is 0. The Bertz CT molecular complexity index is 8.00. The summed E-state index contributed by atoms with van der Waals surface area (Å²) in [5.74, 6) is 0. The summed E-state index contributed by atoms with van der Waals surface area (Å²) in [6, 6.07) is 0. The first-order valence-corrected chi connectivity index (χ1v) is 0. The van der Waals surface area contributed by atoms with E-state index in [1.54, 1.807) is 0 Å². The van der Waals surface area contributed by atoms with E-state index in [1.165, 1.54) is 0 Å². The van der Waals surface area contributed by atoms with Crippen LogP contribution in [0.25, 0.3) is 0 Å². The predicted molar refractivity (Wildman–Crippen MR) is 3.61 cm³/mol. The molecule has 4 heteroatoms. The maximum Gasteiger partial charge on any atom is 0 e. The van der Waals surface area contributed by atoms with Crippen molar-refractivity contribution in [3.8, 4) is 0 Å². The maximum absolute atomic E-state index is 0. The van der Waals surface area contributed by atoms with Crippen molar-refractivity contribution >= 4 is 0 Å². The zero-order chi connectivity index (χ0) is 0. The summed E-state index contributed by atoms with van der Waals surface area (Å²) < 4.78 is 0. The maximum atomic E-state index is 0. The standard InChI is InChI=1S/La.H2O.Sm.Zr/h;1H2;;. The van der Waals surface area contributed by atoms with E-state index in [0.717, 1.165) is 0 Å². The summed E-state index contributed by atoms with van der Waals surface area (Å²) in [7, 11) is 0. The average molecular weight is 399 g/mol. The van der Waals surface area contributed by atoms with Crippen molar-refractivity contribution in [2.75, 3.05) is 0 Å². The molecule has 0 bridgehead atoms. The van der Waals surface area contributed by atoms with E-state index in [1.807, 2.05) is 0 Å². The Morgan fingerprint density at radius 2 is 1.00 bits per heavy atom. The summed E-state index contributed by atoms with van der Waals surface area (Å²) >= 11 is 0. The molecule has 4 heavy (non-hydrogen) atoms. The molecule has 1 nitrogen and oxygen atoms in total. The minimum Gasteiger partial charge on any atom is -0.412 e. The molecule has 0 saturated carbocycles. The van der Waals surface area contributed by atoms with Crippen molar-refractivity contribution in [1.29, 1.82) is 0 Å². The molecule has 0 amide bonds. The van der Waals surface area contributed by atoms with Gasteiger partial charge in [-0.05, 0) is 0 Å². The van der Waals surface area contributed by atoms with Gasteiger partial charge in [0, 0.05) is 102 Å². The van der Waals surface area contributed by atoms with E-state index in [4.69, 9.17) is 0 Å². The Balaban J connectivity index is 0. The van der Waals surface area contributed by atoms with Crippen LogP contribution in [0.4, 0.5) is 0 Å². The van der Waals surface area contributed by atoms with E-state index < -0.39 is 0 Å². The molecule has 2 N–H and O–H groups in total. The van der Waals surface area contributed by atoms with Gasteiger partial charge >= 0.3 is 0 Å². The Morgan fingerprint density at radius 3 is 1.00 bits per heavy atom. The SMILES string of the molecule is O.[La].[Sm].[Zr]. The van der Waals surface area contributed by atoms with Gasteiger partial charge in [-0.1, -0.05) is 0 Å². The first-order valence-electron chi connectivity index (χ1n) is 0. The van der Waals surface area contributed by atoms with Crippen LogP contribution in [0, 0.1) is 76.0 Å². The van der Waals surface area contributed by atoms with Crippen molar-refractivity contribution in [2.45, 2.75) is 0 Å². The summed E-state index contributed by atoms with van der Waals surface area (Å²) in [4.78, 5) is 0. The first-order chi connectivity index (χ1) is 0. The molecular formula is H2LaOSmZr. The summed E-state index contributed by atoms with van der Waals surface area (Å²) in [6.07, 6.45) is 0. The third-order valence-corrected chi connectivity index (χ3v) is 0. The van der Waals surface area contributed by atoms with Gasteiger partial charge in [0.25, 0.3) is 0 Å². The van der Waals surface area contributed by atoms with Crippen LogP contribution in [0.15, 0.2) is 0 Å². The molecule has 0 aliphatic rings.